The van der Waals surface area contributed by atoms with E-state index in [9.17, 15) is 5.11 Å². The number of aromatic nitrogens is 6. The summed E-state index contributed by atoms with van der Waals surface area (Å²) in [5, 5.41) is 26.1. The van der Waals surface area contributed by atoms with Crippen molar-refractivity contribution < 1.29 is 5.11 Å². The van der Waals surface area contributed by atoms with Crippen molar-refractivity contribution in [3.63, 3.8) is 0 Å². The first-order valence-corrected chi connectivity index (χ1v) is 12.3. The van der Waals surface area contributed by atoms with Gasteiger partial charge in [-0.25, -0.2) is 9.97 Å². The van der Waals surface area contributed by atoms with Gasteiger partial charge in [0.15, 0.2) is 5.82 Å². The van der Waals surface area contributed by atoms with E-state index in [4.69, 9.17) is 5.73 Å². The van der Waals surface area contributed by atoms with E-state index < -0.39 is 0 Å². The van der Waals surface area contributed by atoms with Crippen molar-refractivity contribution in [2.75, 3.05) is 47.0 Å². The summed E-state index contributed by atoms with van der Waals surface area (Å²) in [6, 6.07) is 5.75. The fraction of sp³-hybridized carbons (Fsp3) is 0.296. The molecule has 0 amide bonds. The van der Waals surface area contributed by atoms with Crippen LogP contribution in [0.3, 0.4) is 0 Å². The fourth-order valence-electron chi connectivity index (χ4n) is 4.21. The van der Waals surface area contributed by atoms with E-state index >= 15 is 0 Å². The molecule has 0 bridgehead atoms. The summed E-state index contributed by atoms with van der Waals surface area (Å²) in [6.45, 7) is 10.2. The molecule has 1 aliphatic heterocycles. The molecule has 1 atom stereocenters. The number of aryl methyl sites for hydroxylation is 1. The van der Waals surface area contributed by atoms with E-state index in [0.717, 1.165) is 30.4 Å². The predicted molar refractivity (Wildman–Crippen MR) is 151 cm³/mol. The molecule has 1 saturated heterocycles. The summed E-state index contributed by atoms with van der Waals surface area (Å²) in [5.74, 6) is 8.50. The van der Waals surface area contributed by atoms with Crippen LogP contribution in [0.25, 0.3) is 5.57 Å². The van der Waals surface area contributed by atoms with Crippen LogP contribution >= 0.6 is 0 Å². The van der Waals surface area contributed by atoms with E-state index in [1.165, 1.54) is 6.08 Å². The van der Waals surface area contributed by atoms with Gasteiger partial charge in [0.25, 0.3) is 0 Å². The van der Waals surface area contributed by atoms with E-state index in [0.29, 0.717) is 36.0 Å². The lowest BCUT2D eigenvalue weighted by Gasteiger charge is -2.41. The fourth-order valence-corrected chi connectivity index (χ4v) is 4.21. The van der Waals surface area contributed by atoms with Crippen molar-refractivity contribution in [2.24, 2.45) is 7.05 Å². The minimum Gasteiger partial charge on any atom is -0.507 e. The quantitative estimate of drug-likeness (QED) is 0.246. The molecule has 4 heterocycles. The minimum absolute atomic E-state index is 0.0289. The molecule has 4 N–H and O–H groups in total. The lowest BCUT2D eigenvalue weighted by Crippen LogP contribution is -2.52. The highest BCUT2D eigenvalue weighted by Gasteiger charge is 2.27. The van der Waals surface area contributed by atoms with Crippen LogP contribution in [-0.4, -0.2) is 67.3 Å². The second-order valence-electron chi connectivity index (χ2n) is 8.76. The molecule has 38 heavy (non-hydrogen) atoms. The van der Waals surface area contributed by atoms with E-state index in [1.807, 2.05) is 44.4 Å². The SMILES string of the molecule is C=C/C(O)=C(\C=C/C)c1cc(N2CCN(c3ccnc(C#CCNc4ccn(C)n4)n3)C[C@@H]2C)c(N)nn1. The Balaban J connectivity index is 1.46. The molecule has 11 heteroatoms. The summed E-state index contributed by atoms with van der Waals surface area (Å²) < 4.78 is 1.73. The Hall–Kier alpha value is -4.85. The summed E-state index contributed by atoms with van der Waals surface area (Å²) in [7, 11) is 1.87. The molecule has 3 aromatic heterocycles. The van der Waals surface area contributed by atoms with Gasteiger partial charge in [-0.1, -0.05) is 24.7 Å². The summed E-state index contributed by atoms with van der Waals surface area (Å²) >= 11 is 0. The number of piperazine rings is 1. The number of aliphatic hydroxyl groups excluding tert-OH is 1. The molecule has 0 saturated carbocycles. The number of nitrogens with one attached hydrogen (secondary N) is 1. The average Bonchev–Trinajstić information content (AvgIpc) is 3.35. The lowest BCUT2D eigenvalue weighted by atomic mass is 10.1. The molecule has 0 radical (unpaired) electrons. The third-order valence-electron chi connectivity index (χ3n) is 6.05. The molecule has 4 rings (SSSR count). The number of anilines is 4. The molecule has 0 spiro atoms. The van der Waals surface area contributed by atoms with Crippen LogP contribution in [-0.2, 0) is 7.05 Å². The van der Waals surface area contributed by atoms with Crippen molar-refractivity contribution in [2.45, 2.75) is 19.9 Å². The van der Waals surface area contributed by atoms with E-state index in [-0.39, 0.29) is 11.8 Å². The van der Waals surface area contributed by atoms with Crippen LogP contribution in [0.1, 0.15) is 25.4 Å². The molecular formula is C27H32N10O. The molecule has 3 aromatic rings. The zero-order valence-electron chi connectivity index (χ0n) is 21.8. The number of hydrogen-bond donors (Lipinski definition) is 3. The zero-order chi connectivity index (χ0) is 27.1. The third kappa shape index (κ3) is 6.10. The largest absolute Gasteiger partial charge is 0.507 e. The second-order valence-corrected chi connectivity index (χ2v) is 8.76. The van der Waals surface area contributed by atoms with Crippen molar-refractivity contribution in [1.29, 1.82) is 0 Å². The maximum atomic E-state index is 10.3. The Bertz CT molecular complexity index is 1410. The summed E-state index contributed by atoms with van der Waals surface area (Å²) in [6.07, 6.45) is 8.57. The first kappa shape index (κ1) is 26.2. The van der Waals surface area contributed by atoms with Crippen molar-refractivity contribution >= 4 is 28.7 Å². The monoisotopic (exact) mass is 512 g/mol. The highest BCUT2D eigenvalue weighted by Crippen LogP contribution is 2.30. The van der Waals surface area contributed by atoms with Crippen molar-refractivity contribution in [3.8, 4) is 11.8 Å². The van der Waals surface area contributed by atoms with Gasteiger partial charge in [-0.15, -0.1) is 10.2 Å². The van der Waals surface area contributed by atoms with Gasteiger partial charge in [-0.05, 0) is 38.0 Å². The number of allylic oxidation sites excluding steroid dienone is 4. The number of nitrogen functional groups attached to an aromatic ring is 1. The summed E-state index contributed by atoms with van der Waals surface area (Å²) in [5.41, 5.74) is 8.07. The van der Waals surface area contributed by atoms with Gasteiger partial charge in [-0.3, -0.25) is 4.68 Å². The molecule has 11 nitrogen and oxygen atoms in total. The first-order valence-electron chi connectivity index (χ1n) is 12.3. The van der Waals surface area contributed by atoms with Crippen molar-refractivity contribution in [1.82, 2.24) is 29.9 Å². The molecule has 1 fully saturated rings. The average molecular weight is 513 g/mol. The maximum Gasteiger partial charge on any atom is 0.206 e. The Morgan fingerprint density at radius 2 is 2.16 bits per heavy atom. The second kappa shape index (κ2) is 11.9. The normalized spacial score (nSPS) is 16.1. The molecule has 0 unspecified atom stereocenters. The lowest BCUT2D eigenvalue weighted by molar-refractivity contribution is 0.435. The highest BCUT2D eigenvalue weighted by molar-refractivity contribution is 5.78. The minimum atomic E-state index is 0.0289. The Kier molecular flexibility index (Phi) is 8.23. The molecule has 0 aliphatic carbocycles. The molecule has 1 aliphatic rings. The van der Waals surface area contributed by atoms with Crippen LogP contribution in [0.4, 0.5) is 23.1 Å². The maximum absolute atomic E-state index is 10.3. The number of nitrogens with two attached hydrogens (primary N) is 1. The number of rotatable bonds is 7. The standard InChI is InChI=1S/C27H32N10O/c1-5-8-20(23(38)6-2)21-17-22(27(28)33-32-21)37-16-15-36(18-19(37)3)26-10-13-30-24(31-26)9-7-12-29-25-11-14-35(4)34-25/h5-6,8,10-11,13-14,17,19,38H,2,12,15-16,18H2,1,3-4H3,(H2,28,33)(H,29,34)/b8-5-,23-20-/t19-/m0/s1. The van der Waals surface area contributed by atoms with Crippen LogP contribution in [0.5, 0.6) is 0 Å². The Morgan fingerprint density at radius 1 is 1.32 bits per heavy atom. The van der Waals surface area contributed by atoms with Crippen LogP contribution in [0.15, 0.2) is 61.2 Å². The third-order valence-corrected chi connectivity index (χ3v) is 6.05. The van der Waals surface area contributed by atoms with E-state index in [2.05, 4.69) is 65.7 Å². The predicted octanol–water partition coefficient (Wildman–Crippen LogP) is 2.79. The zero-order valence-corrected chi connectivity index (χ0v) is 21.8. The first-order chi connectivity index (χ1) is 18.4. The molecule has 196 valence electrons. The Morgan fingerprint density at radius 3 is 2.87 bits per heavy atom. The topological polar surface area (TPSA) is 134 Å². The smallest absolute Gasteiger partial charge is 0.206 e. The van der Waals surface area contributed by atoms with Gasteiger partial charge in [0.05, 0.1) is 17.9 Å². The van der Waals surface area contributed by atoms with Crippen LogP contribution < -0.4 is 20.9 Å². The molecular weight excluding hydrogens is 480 g/mol. The van der Waals surface area contributed by atoms with Gasteiger partial charge < -0.3 is 26.0 Å². The summed E-state index contributed by atoms with van der Waals surface area (Å²) in [4.78, 5) is 13.4. The Labute approximate surface area is 222 Å². The highest BCUT2D eigenvalue weighted by atomic mass is 16.3. The van der Waals surface area contributed by atoms with Crippen LogP contribution in [0, 0.1) is 11.8 Å². The van der Waals surface area contributed by atoms with Gasteiger partial charge >= 0.3 is 0 Å². The number of aliphatic hydroxyl groups is 1. The molecule has 0 aromatic carbocycles. The van der Waals surface area contributed by atoms with Gasteiger partial charge in [0.1, 0.15) is 17.4 Å². The van der Waals surface area contributed by atoms with E-state index in [1.54, 1.807) is 17.0 Å². The van der Waals surface area contributed by atoms with Gasteiger partial charge in [0, 0.05) is 56.8 Å². The van der Waals surface area contributed by atoms with Crippen LogP contribution in [0.2, 0.25) is 0 Å². The van der Waals surface area contributed by atoms with Gasteiger partial charge in [-0.2, -0.15) is 5.10 Å². The van der Waals surface area contributed by atoms with Crippen molar-refractivity contribution in [3.05, 3.63) is 72.7 Å². The van der Waals surface area contributed by atoms with Gasteiger partial charge in [0.2, 0.25) is 5.82 Å². The number of hydrogen-bond acceptors (Lipinski definition) is 10. The number of nitrogens with zero attached hydrogens (tertiary/aromatic N) is 8.